The maximum absolute atomic E-state index is 10.2. The van der Waals surface area contributed by atoms with E-state index in [1.54, 1.807) is 0 Å². The van der Waals surface area contributed by atoms with Crippen LogP contribution in [0.5, 0.6) is 0 Å². The molecule has 14 heavy (non-hydrogen) atoms. The third-order valence-electron chi connectivity index (χ3n) is 2.22. The quantitative estimate of drug-likeness (QED) is 0.243. The minimum absolute atomic E-state index is 0.102. The standard InChI is InChI=1S/C10H22N2O2/c1-2-3-6-10(14-9-13)7-4-5-8-12-11/h9-10,12H,2-8,11H2,1H3. The Hall–Kier alpha value is -0.610. The molecule has 0 aromatic carbocycles. The van der Waals surface area contributed by atoms with Crippen LogP contribution in [-0.2, 0) is 9.53 Å². The van der Waals surface area contributed by atoms with Crippen LogP contribution in [0.3, 0.4) is 0 Å². The van der Waals surface area contributed by atoms with Crippen molar-refractivity contribution in [2.75, 3.05) is 6.54 Å². The van der Waals surface area contributed by atoms with Gasteiger partial charge in [-0.25, -0.2) is 0 Å². The molecule has 0 fully saturated rings. The molecule has 84 valence electrons. The molecule has 0 bridgehead atoms. The van der Waals surface area contributed by atoms with Gasteiger partial charge in [-0.1, -0.05) is 19.8 Å². The van der Waals surface area contributed by atoms with E-state index in [4.69, 9.17) is 10.6 Å². The van der Waals surface area contributed by atoms with E-state index in [-0.39, 0.29) is 6.10 Å². The molecule has 0 spiro atoms. The lowest BCUT2D eigenvalue weighted by molar-refractivity contribution is -0.134. The topological polar surface area (TPSA) is 64.3 Å². The Morgan fingerprint density at radius 2 is 2.07 bits per heavy atom. The van der Waals surface area contributed by atoms with Crippen molar-refractivity contribution >= 4 is 6.47 Å². The summed E-state index contributed by atoms with van der Waals surface area (Å²) in [5.74, 6) is 5.15. The second kappa shape index (κ2) is 10.5. The Kier molecular flexibility index (Phi) is 10.0. The highest BCUT2D eigenvalue weighted by molar-refractivity contribution is 5.37. The molecule has 0 amide bonds. The lowest BCUT2D eigenvalue weighted by atomic mass is 10.1. The fourth-order valence-electron chi connectivity index (χ4n) is 1.39. The molecule has 0 aliphatic carbocycles. The van der Waals surface area contributed by atoms with Gasteiger partial charge in [0.1, 0.15) is 6.10 Å². The number of carbonyl (C=O) groups is 1. The summed E-state index contributed by atoms with van der Waals surface area (Å²) < 4.78 is 4.99. The second-order valence-corrected chi connectivity index (χ2v) is 3.45. The monoisotopic (exact) mass is 202 g/mol. The molecule has 1 unspecified atom stereocenters. The summed E-state index contributed by atoms with van der Waals surface area (Å²) >= 11 is 0. The molecule has 0 aromatic rings. The van der Waals surface area contributed by atoms with E-state index in [0.717, 1.165) is 45.1 Å². The highest BCUT2D eigenvalue weighted by Crippen LogP contribution is 2.11. The molecule has 0 radical (unpaired) electrons. The molecule has 0 saturated heterocycles. The molecular formula is C10H22N2O2. The first-order chi connectivity index (χ1) is 6.85. The Bertz CT molecular complexity index is 131. The van der Waals surface area contributed by atoms with Gasteiger partial charge in [0.05, 0.1) is 0 Å². The lowest BCUT2D eigenvalue weighted by Gasteiger charge is -2.14. The first-order valence-corrected chi connectivity index (χ1v) is 5.37. The zero-order valence-electron chi connectivity index (χ0n) is 9.00. The van der Waals surface area contributed by atoms with Gasteiger partial charge < -0.3 is 4.74 Å². The van der Waals surface area contributed by atoms with Gasteiger partial charge in [-0.3, -0.25) is 16.1 Å². The number of ether oxygens (including phenoxy) is 1. The summed E-state index contributed by atoms with van der Waals surface area (Å²) in [4.78, 5) is 10.2. The van der Waals surface area contributed by atoms with Crippen molar-refractivity contribution in [2.45, 2.75) is 51.6 Å². The van der Waals surface area contributed by atoms with Crippen LogP contribution in [-0.4, -0.2) is 19.1 Å². The Morgan fingerprint density at radius 3 is 2.64 bits per heavy atom. The van der Waals surface area contributed by atoms with Gasteiger partial charge in [-0.05, 0) is 25.7 Å². The number of unbranched alkanes of at least 4 members (excludes halogenated alkanes) is 2. The smallest absolute Gasteiger partial charge is 0.293 e. The number of hydrazine groups is 1. The zero-order chi connectivity index (χ0) is 10.6. The third-order valence-corrected chi connectivity index (χ3v) is 2.22. The van der Waals surface area contributed by atoms with Crippen LogP contribution >= 0.6 is 0 Å². The van der Waals surface area contributed by atoms with Crippen LogP contribution in [0.15, 0.2) is 0 Å². The number of nitrogens with two attached hydrogens (primary N) is 1. The lowest BCUT2D eigenvalue weighted by Crippen LogP contribution is -2.23. The average Bonchev–Trinajstić information content (AvgIpc) is 2.20. The summed E-state index contributed by atoms with van der Waals surface area (Å²) in [5.41, 5.74) is 2.61. The molecular weight excluding hydrogens is 180 g/mol. The molecule has 4 heteroatoms. The van der Waals surface area contributed by atoms with Gasteiger partial charge in [-0.15, -0.1) is 0 Å². The van der Waals surface area contributed by atoms with Crippen LogP contribution in [0.4, 0.5) is 0 Å². The second-order valence-electron chi connectivity index (χ2n) is 3.45. The van der Waals surface area contributed by atoms with Crippen molar-refractivity contribution in [3.63, 3.8) is 0 Å². The summed E-state index contributed by atoms with van der Waals surface area (Å²) in [6, 6.07) is 0. The number of hydrogen-bond donors (Lipinski definition) is 2. The van der Waals surface area contributed by atoms with Gasteiger partial charge in [-0.2, -0.15) is 0 Å². The highest BCUT2D eigenvalue weighted by Gasteiger charge is 2.07. The van der Waals surface area contributed by atoms with Crippen LogP contribution in [0.1, 0.15) is 45.4 Å². The molecule has 0 rings (SSSR count). The van der Waals surface area contributed by atoms with Crippen LogP contribution in [0, 0.1) is 0 Å². The maximum atomic E-state index is 10.2. The number of carbonyl (C=O) groups excluding carboxylic acids is 1. The summed E-state index contributed by atoms with van der Waals surface area (Å²) in [6.45, 7) is 3.51. The largest absolute Gasteiger partial charge is 0.465 e. The summed E-state index contributed by atoms with van der Waals surface area (Å²) in [7, 11) is 0. The zero-order valence-corrected chi connectivity index (χ0v) is 9.00. The number of hydrogen-bond acceptors (Lipinski definition) is 4. The highest BCUT2D eigenvalue weighted by atomic mass is 16.5. The van der Waals surface area contributed by atoms with E-state index in [0.29, 0.717) is 6.47 Å². The molecule has 3 N–H and O–H groups in total. The minimum atomic E-state index is 0.102. The molecule has 1 atom stereocenters. The summed E-state index contributed by atoms with van der Waals surface area (Å²) in [6.07, 6.45) is 6.36. The van der Waals surface area contributed by atoms with Gasteiger partial charge in [0.2, 0.25) is 0 Å². The van der Waals surface area contributed by atoms with Gasteiger partial charge in [0, 0.05) is 6.54 Å². The van der Waals surface area contributed by atoms with Crippen molar-refractivity contribution in [1.29, 1.82) is 0 Å². The maximum Gasteiger partial charge on any atom is 0.293 e. The van der Waals surface area contributed by atoms with Crippen molar-refractivity contribution < 1.29 is 9.53 Å². The molecule has 0 heterocycles. The Balaban J connectivity index is 3.45. The Morgan fingerprint density at radius 1 is 1.36 bits per heavy atom. The van der Waals surface area contributed by atoms with E-state index in [1.165, 1.54) is 0 Å². The number of nitrogens with one attached hydrogen (secondary N) is 1. The molecule has 4 nitrogen and oxygen atoms in total. The molecule has 0 aliphatic heterocycles. The fourth-order valence-corrected chi connectivity index (χ4v) is 1.39. The van der Waals surface area contributed by atoms with E-state index < -0.39 is 0 Å². The molecule has 0 aromatic heterocycles. The molecule has 0 saturated carbocycles. The van der Waals surface area contributed by atoms with Gasteiger partial charge in [0.25, 0.3) is 6.47 Å². The first-order valence-electron chi connectivity index (χ1n) is 5.37. The van der Waals surface area contributed by atoms with Gasteiger partial charge in [0.15, 0.2) is 0 Å². The summed E-state index contributed by atoms with van der Waals surface area (Å²) in [5, 5.41) is 0. The van der Waals surface area contributed by atoms with Crippen LogP contribution < -0.4 is 11.3 Å². The predicted octanol–water partition coefficient (Wildman–Crippen LogP) is 1.35. The normalized spacial score (nSPS) is 12.4. The van der Waals surface area contributed by atoms with Crippen LogP contribution in [0.25, 0.3) is 0 Å². The third kappa shape index (κ3) is 8.01. The SMILES string of the molecule is CCCCC(CCCCNN)OC=O. The van der Waals surface area contributed by atoms with Crippen molar-refractivity contribution in [1.82, 2.24) is 5.43 Å². The van der Waals surface area contributed by atoms with Crippen molar-refractivity contribution in [3.05, 3.63) is 0 Å². The van der Waals surface area contributed by atoms with Gasteiger partial charge >= 0.3 is 0 Å². The van der Waals surface area contributed by atoms with Crippen molar-refractivity contribution in [3.8, 4) is 0 Å². The van der Waals surface area contributed by atoms with E-state index in [9.17, 15) is 4.79 Å². The van der Waals surface area contributed by atoms with E-state index in [2.05, 4.69) is 12.3 Å². The molecule has 0 aliphatic rings. The predicted molar refractivity (Wildman–Crippen MR) is 56.5 cm³/mol. The minimum Gasteiger partial charge on any atom is -0.465 e. The van der Waals surface area contributed by atoms with Crippen molar-refractivity contribution in [2.24, 2.45) is 5.84 Å². The average molecular weight is 202 g/mol. The van der Waals surface area contributed by atoms with E-state index >= 15 is 0 Å². The Labute approximate surface area is 86.2 Å². The fraction of sp³-hybridized carbons (Fsp3) is 0.900. The van der Waals surface area contributed by atoms with Crippen LogP contribution in [0.2, 0.25) is 0 Å². The number of rotatable bonds is 10. The first kappa shape index (κ1) is 13.4. The van der Waals surface area contributed by atoms with E-state index in [1.807, 2.05) is 0 Å².